The number of hydrogen-bond acceptors (Lipinski definition) is 7. The number of nitrogens with zero attached hydrogens (tertiary/aromatic N) is 2. The van der Waals surface area contributed by atoms with Gasteiger partial charge < -0.3 is 14.8 Å². The summed E-state index contributed by atoms with van der Waals surface area (Å²) in [6, 6.07) is 5.95. The molecule has 2 aromatic rings. The summed E-state index contributed by atoms with van der Waals surface area (Å²) in [6.07, 6.45) is 1.09. The predicted molar refractivity (Wildman–Crippen MR) is 114 cm³/mol. The summed E-state index contributed by atoms with van der Waals surface area (Å²) in [7, 11) is 1.67. The summed E-state index contributed by atoms with van der Waals surface area (Å²) < 4.78 is 12.4. The number of hydrogen-bond donors (Lipinski definition) is 1. The monoisotopic (exact) mass is 421 g/mol. The quantitative estimate of drug-likeness (QED) is 0.660. The molecular formula is C20H27N3O3S2. The van der Waals surface area contributed by atoms with E-state index in [1.807, 2.05) is 30.5 Å². The molecule has 1 aromatic carbocycles. The van der Waals surface area contributed by atoms with Crippen LogP contribution in [0.25, 0.3) is 0 Å². The summed E-state index contributed by atoms with van der Waals surface area (Å²) in [6.45, 7) is 7.12. The van der Waals surface area contributed by atoms with Crippen LogP contribution in [0.4, 0.5) is 0 Å². The molecule has 1 aliphatic rings. The molecule has 0 saturated carbocycles. The van der Waals surface area contributed by atoms with E-state index in [0.29, 0.717) is 12.3 Å². The van der Waals surface area contributed by atoms with Crippen LogP contribution >= 0.6 is 23.1 Å². The van der Waals surface area contributed by atoms with Gasteiger partial charge in [-0.1, -0.05) is 18.7 Å². The van der Waals surface area contributed by atoms with E-state index in [9.17, 15) is 4.79 Å². The number of thiazole rings is 1. The van der Waals surface area contributed by atoms with Gasteiger partial charge in [0.1, 0.15) is 17.6 Å². The zero-order valence-electron chi connectivity index (χ0n) is 16.6. The summed E-state index contributed by atoms with van der Waals surface area (Å²) in [4.78, 5) is 18.8. The fourth-order valence-corrected chi connectivity index (χ4v) is 4.72. The molecule has 0 saturated heterocycles. The molecule has 0 radical (unpaired) electrons. The van der Waals surface area contributed by atoms with Crippen molar-refractivity contribution in [2.75, 3.05) is 32.5 Å². The third-order valence-corrected chi connectivity index (χ3v) is 6.69. The maximum atomic E-state index is 12.1. The number of benzene rings is 1. The Bertz CT molecular complexity index is 797. The van der Waals surface area contributed by atoms with Crippen LogP contribution in [-0.4, -0.2) is 54.4 Å². The lowest BCUT2D eigenvalue weighted by Crippen LogP contribution is -2.38. The van der Waals surface area contributed by atoms with Crippen LogP contribution in [0.3, 0.4) is 0 Å². The zero-order valence-corrected chi connectivity index (χ0v) is 18.2. The van der Waals surface area contributed by atoms with Gasteiger partial charge in [-0.15, -0.1) is 11.3 Å². The smallest absolute Gasteiger partial charge is 0.230 e. The Morgan fingerprint density at radius 1 is 1.50 bits per heavy atom. The van der Waals surface area contributed by atoms with Crippen molar-refractivity contribution < 1.29 is 14.3 Å². The number of aromatic nitrogens is 1. The summed E-state index contributed by atoms with van der Waals surface area (Å²) >= 11 is 3.06. The lowest BCUT2D eigenvalue weighted by Gasteiger charge is -2.23. The number of amides is 1. The highest BCUT2D eigenvalue weighted by molar-refractivity contribution is 8.01. The highest BCUT2D eigenvalue weighted by Gasteiger charge is 2.22. The first-order valence-electron chi connectivity index (χ1n) is 9.45. The van der Waals surface area contributed by atoms with Gasteiger partial charge in [-0.3, -0.25) is 9.69 Å². The van der Waals surface area contributed by atoms with Crippen molar-refractivity contribution in [3.05, 3.63) is 34.8 Å². The van der Waals surface area contributed by atoms with Gasteiger partial charge in [0.25, 0.3) is 0 Å². The largest absolute Gasteiger partial charge is 0.497 e. The second-order valence-corrected chi connectivity index (χ2v) is 8.83. The van der Waals surface area contributed by atoms with Gasteiger partial charge in [0.05, 0.1) is 12.9 Å². The van der Waals surface area contributed by atoms with Crippen molar-refractivity contribution in [2.24, 2.45) is 0 Å². The number of carbonyl (C=O) groups excluding carboxylic acids is 1. The Morgan fingerprint density at radius 2 is 2.36 bits per heavy atom. The lowest BCUT2D eigenvalue weighted by molar-refractivity contribution is -0.118. The van der Waals surface area contributed by atoms with Crippen LogP contribution in [0, 0.1) is 6.92 Å². The molecule has 28 heavy (non-hydrogen) atoms. The highest BCUT2D eigenvalue weighted by Crippen LogP contribution is 2.29. The molecule has 1 atom stereocenters. The molecule has 8 heteroatoms. The molecule has 1 aromatic heterocycles. The number of fused-ring (bicyclic) bond motifs is 1. The van der Waals surface area contributed by atoms with Crippen molar-refractivity contribution in [3.63, 3.8) is 0 Å². The van der Waals surface area contributed by atoms with Crippen LogP contribution in [0.1, 0.15) is 24.6 Å². The maximum absolute atomic E-state index is 12.1. The van der Waals surface area contributed by atoms with E-state index in [0.717, 1.165) is 53.2 Å². The van der Waals surface area contributed by atoms with E-state index in [-0.39, 0.29) is 12.0 Å². The van der Waals surface area contributed by atoms with E-state index in [4.69, 9.17) is 9.47 Å². The molecule has 1 aliphatic heterocycles. The van der Waals surface area contributed by atoms with Crippen LogP contribution in [0.2, 0.25) is 0 Å². The average Bonchev–Trinajstić information content (AvgIpc) is 3.02. The van der Waals surface area contributed by atoms with E-state index in [2.05, 4.69) is 22.1 Å². The molecular weight excluding hydrogens is 394 g/mol. The summed E-state index contributed by atoms with van der Waals surface area (Å²) in [5.74, 6) is 2.19. The predicted octanol–water partition coefficient (Wildman–Crippen LogP) is 3.34. The number of thioether (sulfide) groups is 1. The van der Waals surface area contributed by atoms with E-state index in [1.165, 1.54) is 11.8 Å². The number of methoxy groups -OCH3 is 1. The molecule has 0 aliphatic carbocycles. The summed E-state index contributed by atoms with van der Waals surface area (Å²) in [5.41, 5.74) is 2.12. The molecule has 6 nitrogen and oxygen atoms in total. The van der Waals surface area contributed by atoms with E-state index >= 15 is 0 Å². The van der Waals surface area contributed by atoms with E-state index < -0.39 is 0 Å². The zero-order chi connectivity index (χ0) is 19.9. The normalized spacial score (nSPS) is 16.8. The fourth-order valence-electron chi connectivity index (χ4n) is 3.04. The number of aryl methyl sites for hydroxylation is 1. The van der Waals surface area contributed by atoms with Crippen LogP contribution in [-0.2, 0) is 11.3 Å². The van der Waals surface area contributed by atoms with Crippen molar-refractivity contribution in [1.29, 1.82) is 0 Å². The fraction of sp³-hybridized carbons (Fsp3) is 0.500. The van der Waals surface area contributed by atoms with Crippen LogP contribution < -0.4 is 14.8 Å². The average molecular weight is 422 g/mol. The number of ether oxygens (including phenoxy) is 2. The first-order valence-corrected chi connectivity index (χ1v) is 11.3. The SMILES string of the molecule is CC[C@H]1CN(CCNC(=O)CSc2nc(C)cs2)Cc2cc(OC)ccc2O1. The third kappa shape index (κ3) is 5.86. The molecule has 0 bridgehead atoms. The molecule has 3 rings (SSSR count). The van der Waals surface area contributed by atoms with Gasteiger partial charge in [0.15, 0.2) is 4.34 Å². The standard InChI is InChI=1S/C20H27N3O3S2/c1-4-16-11-23(10-15-9-17(25-3)5-6-18(15)26-16)8-7-21-19(24)13-28-20-22-14(2)12-27-20/h5-6,9,12,16H,4,7-8,10-11,13H2,1-3H3,(H,21,24)/t16-/m0/s1. The molecule has 152 valence electrons. The molecule has 0 spiro atoms. The number of carbonyl (C=O) groups is 1. The van der Waals surface area contributed by atoms with Crippen molar-refractivity contribution in [2.45, 2.75) is 37.3 Å². The third-order valence-electron chi connectivity index (χ3n) is 4.55. The van der Waals surface area contributed by atoms with Gasteiger partial charge in [0.2, 0.25) is 5.91 Å². The topological polar surface area (TPSA) is 63.7 Å². The Morgan fingerprint density at radius 3 is 3.07 bits per heavy atom. The van der Waals surface area contributed by atoms with Crippen LogP contribution in [0.5, 0.6) is 11.5 Å². The molecule has 1 N–H and O–H groups in total. The van der Waals surface area contributed by atoms with Crippen molar-refractivity contribution in [3.8, 4) is 11.5 Å². The van der Waals surface area contributed by atoms with Gasteiger partial charge >= 0.3 is 0 Å². The molecule has 0 fully saturated rings. The maximum Gasteiger partial charge on any atom is 0.230 e. The second kappa shape index (κ2) is 10.1. The lowest BCUT2D eigenvalue weighted by atomic mass is 10.2. The van der Waals surface area contributed by atoms with Gasteiger partial charge in [-0.05, 0) is 31.5 Å². The highest BCUT2D eigenvalue weighted by atomic mass is 32.2. The second-order valence-electron chi connectivity index (χ2n) is 6.75. The Labute approximate surface area is 174 Å². The number of nitrogens with one attached hydrogen (secondary N) is 1. The van der Waals surface area contributed by atoms with Gasteiger partial charge in [0, 0.05) is 42.8 Å². The minimum Gasteiger partial charge on any atom is -0.497 e. The van der Waals surface area contributed by atoms with Crippen molar-refractivity contribution >= 4 is 29.0 Å². The van der Waals surface area contributed by atoms with Gasteiger partial charge in [-0.25, -0.2) is 4.98 Å². The minimum absolute atomic E-state index is 0.0398. The molecule has 1 amide bonds. The number of rotatable bonds is 8. The Kier molecular flexibility index (Phi) is 7.58. The molecule has 2 heterocycles. The van der Waals surface area contributed by atoms with Crippen LogP contribution in [0.15, 0.2) is 27.9 Å². The van der Waals surface area contributed by atoms with Gasteiger partial charge in [-0.2, -0.15) is 0 Å². The summed E-state index contributed by atoms with van der Waals surface area (Å²) in [5, 5.41) is 5.02. The first kappa shape index (κ1) is 21.0. The van der Waals surface area contributed by atoms with Crippen molar-refractivity contribution in [1.82, 2.24) is 15.2 Å². The first-order chi connectivity index (χ1) is 13.6. The molecule has 0 unspecified atom stereocenters. The Balaban J connectivity index is 1.50. The van der Waals surface area contributed by atoms with E-state index in [1.54, 1.807) is 18.4 Å². The minimum atomic E-state index is 0.0398. The Hall–Kier alpha value is -1.77.